The van der Waals surface area contributed by atoms with E-state index in [0.29, 0.717) is 39.5 Å². The fraction of sp³-hybridized carbons (Fsp3) is 0.316. The van der Waals surface area contributed by atoms with Crippen LogP contribution in [0.15, 0.2) is 22.7 Å². The molecule has 0 bridgehead atoms. The minimum atomic E-state index is -0.228. The Bertz CT molecular complexity index is 1010. The predicted molar refractivity (Wildman–Crippen MR) is 96.1 cm³/mol. The van der Waals surface area contributed by atoms with Crippen LogP contribution in [0.3, 0.4) is 0 Å². The maximum absolute atomic E-state index is 13.2. The van der Waals surface area contributed by atoms with Crippen LogP contribution in [-0.2, 0) is 12.8 Å². The molecule has 1 amide bonds. The number of fused-ring (bicyclic) bond motifs is 2. The van der Waals surface area contributed by atoms with Crippen molar-refractivity contribution in [2.75, 3.05) is 19.5 Å². The molecule has 0 aliphatic heterocycles. The molecule has 26 heavy (non-hydrogen) atoms. The van der Waals surface area contributed by atoms with Crippen LogP contribution in [0.2, 0.25) is 0 Å². The maximum atomic E-state index is 13.2. The van der Waals surface area contributed by atoms with Crippen molar-refractivity contribution in [1.82, 2.24) is 10.1 Å². The van der Waals surface area contributed by atoms with Crippen LogP contribution < -0.4 is 14.8 Å². The first-order valence-corrected chi connectivity index (χ1v) is 8.43. The molecule has 4 rings (SSSR count). The number of pyridine rings is 1. The molecule has 0 spiro atoms. The highest BCUT2D eigenvalue weighted by molar-refractivity contribution is 6.14. The first-order valence-electron chi connectivity index (χ1n) is 8.43. The van der Waals surface area contributed by atoms with Gasteiger partial charge >= 0.3 is 0 Å². The fourth-order valence-electron chi connectivity index (χ4n) is 3.46. The number of hydrogen-bond donors (Lipinski definition) is 1. The van der Waals surface area contributed by atoms with Gasteiger partial charge in [-0.3, -0.25) is 4.79 Å². The van der Waals surface area contributed by atoms with Crippen molar-refractivity contribution in [3.63, 3.8) is 0 Å². The number of carbonyl (C=O) groups is 1. The standard InChI is InChI=1S/C19H19N3O4/c1-10-16-17(12-5-4-6-13(12)21-19(16)26-22-10)18(23)20-14-9-11(24-2)7-8-15(14)25-3/h7-9H,4-6H2,1-3H3,(H,20,23). The van der Waals surface area contributed by atoms with Crippen molar-refractivity contribution in [3.8, 4) is 11.5 Å². The summed E-state index contributed by atoms with van der Waals surface area (Å²) in [6, 6.07) is 5.27. The number of aryl methyl sites for hydroxylation is 2. The molecule has 134 valence electrons. The minimum absolute atomic E-state index is 0.228. The Kier molecular flexibility index (Phi) is 3.99. The summed E-state index contributed by atoms with van der Waals surface area (Å²) in [7, 11) is 3.14. The molecule has 0 saturated carbocycles. The molecular weight excluding hydrogens is 334 g/mol. The van der Waals surface area contributed by atoms with E-state index in [9.17, 15) is 4.79 Å². The van der Waals surface area contributed by atoms with E-state index in [2.05, 4.69) is 15.5 Å². The van der Waals surface area contributed by atoms with E-state index < -0.39 is 0 Å². The molecular formula is C19H19N3O4. The number of ether oxygens (including phenoxy) is 2. The summed E-state index contributed by atoms with van der Waals surface area (Å²) in [5.74, 6) is 0.962. The minimum Gasteiger partial charge on any atom is -0.497 e. The first kappa shape index (κ1) is 16.4. The van der Waals surface area contributed by atoms with Gasteiger partial charge < -0.3 is 19.3 Å². The van der Waals surface area contributed by atoms with E-state index in [1.54, 1.807) is 32.4 Å². The molecule has 2 aromatic heterocycles. The van der Waals surface area contributed by atoms with Gasteiger partial charge in [0.25, 0.3) is 11.6 Å². The molecule has 0 fully saturated rings. The second kappa shape index (κ2) is 6.33. The number of nitrogens with one attached hydrogen (secondary N) is 1. The number of anilines is 1. The number of carbonyl (C=O) groups excluding carboxylic acids is 1. The van der Waals surface area contributed by atoms with E-state index in [1.807, 2.05) is 6.92 Å². The molecule has 1 aliphatic rings. The largest absolute Gasteiger partial charge is 0.497 e. The van der Waals surface area contributed by atoms with Crippen LogP contribution in [0.1, 0.15) is 33.7 Å². The maximum Gasteiger partial charge on any atom is 0.259 e. The summed E-state index contributed by atoms with van der Waals surface area (Å²) in [5, 5.41) is 7.61. The molecule has 7 nitrogen and oxygen atoms in total. The number of nitrogens with zero attached hydrogens (tertiary/aromatic N) is 2. The lowest BCUT2D eigenvalue weighted by molar-refractivity contribution is 0.102. The Labute approximate surface area is 150 Å². The van der Waals surface area contributed by atoms with E-state index in [-0.39, 0.29) is 5.91 Å². The summed E-state index contributed by atoms with van der Waals surface area (Å²) >= 11 is 0. The lowest BCUT2D eigenvalue weighted by Crippen LogP contribution is -2.16. The summed E-state index contributed by atoms with van der Waals surface area (Å²) in [5.41, 5.74) is 4.09. The summed E-state index contributed by atoms with van der Waals surface area (Å²) in [6.07, 6.45) is 2.64. The second-order valence-corrected chi connectivity index (χ2v) is 6.23. The molecule has 3 aromatic rings. The van der Waals surface area contributed by atoms with Crippen molar-refractivity contribution >= 4 is 22.7 Å². The van der Waals surface area contributed by atoms with Gasteiger partial charge in [0.2, 0.25) is 0 Å². The third-order valence-corrected chi connectivity index (χ3v) is 4.70. The topological polar surface area (TPSA) is 86.5 Å². The molecule has 0 radical (unpaired) electrons. The number of aromatic nitrogens is 2. The van der Waals surface area contributed by atoms with Gasteiger partial charge in [-0.1, -0.05) is 5.16 Å². The number of methoxy groups -OCH3 is 2. The van der Waals surface area contributed by atoms with Crippen molar-refractivity contribution in [2.24, 2.45) is 0 Å². The van der Waals surface area contributed by atoms with Gasteiger partial charge in [-0.25, -0.2) is 4.98 Å². The highest BCUT2D eigenvalue weighted by atomic mass is 16.5. The Morgan fingerprint density at radius 1 is 1.23 bits per heavy atom. The smallest absolute Gasteiger partial charge is 0.259 e. The zero-order valence-electron chi connectivity index (χ0n) is 14.9. The molecule has 1 N–H and O–H groups in total. The van der Waals surface area contributed by atoms with Crippen molar-refractivity contribution in [2.45, 2.75) is 26.2 Å². The van der Waals surface area contributed by atoms with E-state index in [4.69, 9.17) is 14.0 Å². The average Bonchev–Trinajstić information content (AvgIpc) is 3.26. The van der Waals surface area contributed by atoms with E-state index in [1.165, 1.54) is 0 Å². The highest BCUT2D eigenvalue weighted by Crippen LogP contribution is 2.34. The Hall–Kier alpha value is -3.09. The highest BCUT2D eigenvalue weighted by Gasteiger charge is 2.27. The van der Waals surface area contributed by atoms with E-state index in [0.717, 1.165) is 30.5 Å². The number of hydrogen-bond acceptors (Lipinski definition) is 6. The number of rotatable bonds is 4. The van der Waals surface area contributed by atoms with Crippen LogP contribution in [-0.4, -0.2) is 30.3 Å². The third-order valence-electron chi connectivity index (χ3n) is 4.70. The van der Waals surface area contributed by atoms with Crippen LogP contribution in [0.4, 0.5) is 5.69 Å². The van der Waals surface area contributed by atoms with Gasteiger partial charge in [-0.15, -0.1) is 0 Å². The Balaban J connectivity index is 1.82. The number of amides is 1. The molecule has 0 saturated heterocycles. The van der Waals surface area contributed by atoms with Gasteiger partial charge in [0.1, 0.15) is 11.5 Å². The van der Waals surface area contributed by atoms with Gasteiger partial charge in [0.05, 0.1) is 36.6 Å². The Morgan fingerprint density at radius 2 is 2.08 bits per heavy atom. The van der Waals surface area contributed by atoms with Crippen LogP contribution >= 0.6 is 0 Å². The zero-order chi connectivity index (χ0) is 18.3. The normalized spacial score (nSPS) is 12.9. The average molecular weight is 353 g/mol. The molecule has 1 aromatic carbocycles. The molecule has 2 heterocycles. The van der Waals surface area contributed by atoms with Crippen LogP contribution in [0, 0.1) is 6.92 Å². The van der Waals surface area contributed by atoms with E-state index >= 15 is 0 Å². The van der Waals surface area contributed by atoms with Gasteiger partial charge in [0.15, 0.2) is 0 Å². The summed E-state index contributed by atoms with van der Waals surface area (Å²) < 4.78 is 15.9. The summed E-state index contributed by atoms with van der Waals surface area (Å²) in [6.45, 7) is 1.82. The van der Waals surface area contributed by atoms with Crippen molar-refractivity contribution in [3.05, 3.63) is 40.7 Å². The van der Waals surface area contributed by atoms with Gasteiger partial charge in [-0.2, -0.15) is 0 Å². The second-order valence-electron chi connectivity index (χ2n) is 6.23. The summed E-state index contributed by atoms with van der Waals surface area (Å²) in [4.78, 5) is 17.7. The van der Waals surface area contributed by atoms with Crippen LogP contribution in [0.25, 0.3) is 11.1 Å². The molecule has 7 heteroatoms. The first-order chi connectivity index (χ1) is 12.6. The molecule has 0 unspecified atom stereocenters. The fourth-order valence-corrected chi connectivity index (χ4v) is 3.46. The number of benzene rings is 1. The predicted octanol–water partition coefficient (Wildman–Crippen LogP) is 3.29. The van der Waals surface area contributed by atoms with Gasteiger partial charge in [0, 0.05) is 11.8 Å². The third kappa shape index (κ3) is 2.56. The lowest BCUT2D eigenvalue weighted by atomic mass is 10.0. The van der Waals surface area contributed by atoms with Crippen LogP contribution in [0.5, 0.6) is 11.5 Å². The Morgan fingerprint density at radius 3 is 2.85 bits per heavy atom. The zero-order valence-corrected chi connectivity index (χ0v) is 14.9. The van der Waals surface area contributed by atoms with Gasteiger partial charge in [-0.05, 0) is 43.9 Å². The molecule has 0 atom stereocenters. The van der Waals surface area contributed by atoms with Crippen molar-refractivity contribution < 1.29 is 18.8 Å². The quantitative estimate of drug-likeness (QED) is 0.774. The lowest BCUT2D eigenvalue weighted by Gasteiger charge is -2.14. The monoisotopic (exact) mass is 353 g/mol. The molecule has 1 aliphatic carbocycles. The van der Waals surface area contributed by atoms with Crippen molar-refractivity contribution in [1.29, 1.82) is 0 Å². The SMILES string of the molecule is COc1ccc(OC)c(NC(=O)c2c3c(nc4onc(C)c24)CCC3)c1.